The highest BCUT2D eigenvalue weighted by molar-refractivity contribution is 5.79. The number of aryl methyl sites for hydroxylation is 2. The first-order chi connectivity index (χ1) is 12.6. The molecule has 1 fully saturated rings. The van der Waals surface area contributed by atoms with E-state index in [0.29, 0.717) is 25.9 Å². The Morgan fingerprint density at radius 1 is 1.00 bits per heavy atom. The van der Waals surface area contributed by atoms with Crippen molar-refractivity contribution in [1.82, 2.24) is 4.90 Å². The summed E-state index contributed by atoms with van der Waals surface area (Å²) < 4.78 is 0. The number of hydrogen-bond donors (Lipinski definition) is 1. The van der Waals surface area contributed by atoms with Crippen LogP contribution in [-0.4, -0.2) is 35.0 Å². The SMILES string of the molecule is CCc1ccc(CCC(=O)N2CC(C(=O)O)C(c3ccccc3)C2)cc1. The van der Waals surface area contributed by atoms with E-state index in [1.807, 2.05) is 30.3 Å². The van der Waals surface area contributed by atoms with Crippen LogP contribution in [0.15, 0.2) is 54.6 Å². The number of hydrogen-bond acceptors (Lipinski definition) is 2. The monoisotopic (exact) mass is 351 g/mol. The van der Waals surface area contributed by atoms with E-state index in [0.717, 1.165) is 17.5 Å². The Kier molecular flexibility index (Phi) is 5.71. The van der Waals surface area contributed by atoms with Crippen LogP contribution in [0.25, 0.3) is 0 Å². The van der Waals surface area contributed by atoms with Crippen LogP contribution in [0.1, 0.15) is 36.0 Å². The summed E-state index contributed by atoms with van der Waals surface area (Å²) in [5, 5.41) is 9.56. The summed E-state index contributed by atoms with van der Waals surface area (Å²) in [6.07, 6.45) is 2.11. The van der Waals surface area contributed by atoms with Crippen molar-refractivity contribution in [1.29, 1.82) is 0 Å². The third-order valence-electron chi connectivity index (χ3n) is 5.28. The van der Waals surface area contributed by atoms with Gasteiger partial charge in [-0.05, 0) is 29.5 Å². The molecule has 1 aliphatic rings. The standard InChI is InChI=1S/C22H25NO3/c1-2-16-8-10-17(11-9-16)12-13-21(24)23-14-19(20(15-23)22(25)26)18-6-4-3-5-7-18/h3-11,19-20H,2,12-15H2,1H3,(H,25,26). The van der Waals surface area contributed by atoms with E-state index in [2.05, 4.69) is 31.2 Å². The van der Waals surface area contributed by atoms with Gasteiger partial charge in [-0.2, -0.15) is 0 Å². The highest BCUT2D eigenvalue weighted by Gasteiger charge is 2.40. The molecule has 0 aromatic heterocycles. The third-order valence-corrected chi connectivity index (χ3v) is 5.28. The van der Waals surface area contributed by atoms with Crippen LogP contribution in [-0.2, 0) is 22.4 Å². The summed E-state index contributed by atoms with van der Waals surface area (Å²) in [6.45, 7) is 2.89. The Labute approximate surface area is 154 Å². The van der Waals surface area contributed by atoms with E-state index in [-0.39, 0.29) is 11.8 Å². The molecule has 2 atom stereocenters. The van der Waals surface area contributed by atoms with Crippen LogP contribution in [0.4, 0.5) is 0 Å². The highest BCUT2D eigenvalue weighted by Crippen LogP contribution is 2.33. The molecule has 1 aliphatic heterocycles. The lowest BCUT2D eigenvalue weighted by Gasteiger charge is -2.16. The molecule has 1 saturated heterocycles. The summed E-state index contributed by atoms with van der Waals surface area (Å²) in [5.41, 5.74) is 3.42. The second kappa shape index (κ2) is 8.17. The number of likely N-dealkylation sites (tertiary alicyclic amines) is 1. The fourth-order valence-corrected chi connectivity index (χ4v) is 3.65. The highest BCUT2D eigenvalue weighted by atomic mass is 16.4. The summed E-state index contributed by atoms with van der Waals surface area (Å²) in [4.78, 5) is 26.0. The Hall–Kier alpha value is -2.62. The molecule has 2 aromatic carbocycles. The van der Waals surface area contributed by atoms with Crippen molar-refractivity contribution in [3.8, 4) is 0 Å². The van der Waals surface area contributed by atoms with Crippen molar-refractivity contribution in [3.63, 3.8) is 0 Å². The van der Waals surface area contributed by atoms with Gasteiger partial charge in [0.2, 0.25) is 5.91 Å². The van der Waals surface area contributed by atoms with E-state index >= 15 is 0 Å². The lowest BCUT2D eigenvalue weighted by atomic mass is 9.89. The number of benzene rings is 2. The van der Waals surface area contributed by atoms with Crippen LogP contribution < -0.4 is 0 Å². The van der Waals surface area contributed by atoms with Crippen LogP contribution in [0.3, 0.4) is 0 Å². The molecule has 2 unspecified atom stereocenters. The van der Waals surface area contributed by atoms with Gasteiger partial charge in [-0.1, -0.05) is 61.5 Å². The molecule has 26 heavy (non-hydrogen) atoms. The van der Waals surface area contributed by atoms with Crippen LogP contribution in [0.5, 0.6) is 0 Å². The number of amides is 1. The molecule has 0 aliphatic carbocycles. The number of carbonyl (C=O) groups is 2. The fraction of sp³-hybridized carbons (Fsp3) is 0.364. The maximum Gasteiger partial charge on any atom is 0.308 e. The summed E-state index contributed by atoms with van der Waals surface area (Å²) >= 11 is 0. The minimum Gasteiger partial charge on any atom is -0.481 e. The number of carboxylic acids is 1. The molecule has 2 aromatic rings. The predicted molar refractivity (Wildman–Crippen MR) is 101 cm³/mol. The second-order valence-corrected chi connectivity index (χ2v) is 6.93. The normalized spacial score (nSPS) is 19.5. The van der Waals surface area contributed by atoms with Crippen molar-refractivity contribution >= 4 is 11.9 Å². The number of carbonyl (C=O) groups excluding carboxylic acids is 1. The smallest absolute Gasteiger partial charge is 0.308 e. The maximum atomic E-state index is 12.6. The van der Waals surface area contributed by atoms with Gasteiger partial charge in [0.1, 0.15) is 0 Å². The van der Waals surface area contributed by atoms with E-state index in [1.165, 1.54) is 5.56 Å². The molecule has 3 rings (SSSR count). The fourth-order valence-electron chi connectivity index (χ4n) is 3.65. The van der Waals surface area contributed by atoms with E-state index in [1.54, 1.807) is 4.90 Å². The van der Waals surface area contributed by atoms with Gasteiger partial charge in [0, 0.05) is 25.4 Å². The second-order valence-electron chi connectivity index (χ2n) is 6.93. The molecule has 0 saturated carbocycles. The largest absolute Gasteiger partial charge is 0.481 e. The number of nitrogens with zero attached hydrogens (tertiary/aromatic N) is 1. The number of aliphatic carboxylic acids is 1. The summed E-state index contributed by atoms with van der Waals surface area (Å²) in [6, 6.07) is 18.0. The van der Waals surface area contributed by atoms with Crippen molar-refractivity contribution < 1.29 is 14.7 Å². The zero-order valence-electron chi connectivity index (χ0n) is 15.1. The van der Waals surface area contributed by atoms with E-state index < -0.39 is 11.9 Å². The minimum absolute atomic E-state index is 0.0363. The quantitative estimate of drug-likeness (QED) is 0.866. The van der Waals surface area contributed by atoms with Crippen LogP contribution >= 0.6 is 0 Å². The van der Waals surface area contributed by atoms with Crippen molar-refractivity contribution in [2.75, 3.05) is 13.1 Å². The maximum absolute atomic E-state index is 12.6. The summed E-state index contributed by atoms with van der Waals surface area (Å²) in [5.74, 6) is -1.47. The molecule has 0 radical (unpaired) electrons. The molecule has 4 heteroatoms. The molecule has 136 valence electrons. The summed E-state index contributed by atoms with van der Waals surface area (Å²) in [7, 11) is 0. The Balaban J connectivity index is 1.63. The first-order valence-electron chi connectivity index (χ1n) is 9.21. The number of rotatable bonds is 6. The first-order valence-corrected chi connectivity index (χ1v) is 9.21. The van der Waals surface area contributed by atoms with Gasteiger partial charge in [-0.3, -0.25) is 9.59 Å². The van der Waals surface area contributed by atoms with Crippen molar-refractivity contribution in [2.45, 2.75) is 32.1 Å². The third kappa shape index (κ3) is 4.13. The van der Waals surface area contributed by atoms with Gasteiger partial charge in [-0.15, -0.1) is 0 Å². The molecular formula is C22H25NO3. The van der Waals surface area contributed by atoms with Crippen LogP contribution in [0.2, 0.25) is 0 Å². The Morgan fingerprint density at radius 3 is 2.27 bits per heavy atom. The Morgan fingerprint density at radius 2 is 1.65 bits per heavy atom. The topological polar surface area (TPSA) is 57.6 Å². The molecule has 1 N–H and O–H groups in total. The van der Waals surface area contributed by atoms with Gasteiger partial charge in [0.15, 0.2) is 0 Å². The molecule has 0 bridgehead atoms. The molecule has 1 amide bonds. The van der Waals surface area contributed by atoms with Gasteiger partial charge in [0.25, 0.3) is 0 Å². The zero-order valence-corrected chi connectivity index (χ0v) is 15.1. The van der Waals surface area contributed by atoms with Gasteiger partial charge in [-0.25, -0.2) is 0 Å². The minimum atomic E-state index is -0.829. The molecule has 0 spiro atoms. The molecule has 1 heterocycles. The Bertz CT molecular complexity index is 755. The van der Waals surface area contributed by atoms with Crippen molar-refractivity contribution in [2.24, 2.45) is 5.92 Å². The van der Waals surface area contributed by atoms with E-state index in [4.69, 9.17) is 0 Å². The lowest BCUT2D eigenvalue weighted by molar-refractivity contribution is -0.141. The first kappa shape index (κ1) is 18.2. The predicted octanol–water partition coefficient (Wildman–Crippen LogP) is 3.51. The number of carboxylic acid groups (broad SMARTS) is 1. The lowest BCUT2D eigenvalue weighted by Crippen LogP contribution is -2.30. The van der Waals surface area contributed by atoms with Crippen LogP contribution in [0, 0.1) is 5.92 Å². The molecular weight excluding hydrogens is 326 g/mol. The van der Waals surface area contributed by atoms with Gasteiger partial charge in [0.05, 0.1) is 5.92 Å². The molecule has 4 nitrogen and oxygen atoms in total. The average Bonchev–Trinajstić information content (AvgIpc) is 3.13. The van der Waals surface area contributed by atoms with Gasteiger partial charge >= 0.3 is 5.97 Å². The zero-order chi connectivity index (χ0) is 18.5. The average molecular weight is 351 g/mol. The van der Waals surface area contributed by atoms with Crippen molar-refractivity contribution in [3.05, 3.63) is 71.3 Å². The van der Waals surface area contributed by atoms with E-state index in [9.17, 15) is 14.7 Å². The van der Waals surface area contributed by atoms with Gasteiger partial charge < -0.3 is 10.0 Å².